The van der Waals surface area contributed by atoms with Crippen molar-refractivity contribution in [3.8, 4) is 0 Å². The van der Waals surface area contributed by atoms with Crippen LogP contribution in [-0.2, 0) is 20.9 Å². The first-order chi connectivity index (χ1) is 18.6. The molecule has 0 fully saturated rings. The van der Waals surface area contributed by atoms with Crippen LogP contribution in [0.1, 0.15) is 12.5 Å². The third-order valence-electron chi connectivity index (χ3n) is 5.54. The third-order valence-corrected chi connectivity index (χ3v) is 5.97. The van der Waals surface area contributed by atoms with Crippen molar-refractivity contribution in [1.82, 2.24) is 20.7 Å². The molecular weight excluding hydrogens is 538 g/mol. The van der Waals surface area contributed by atoms with Crippen LogP contribution in [0.4, 0.5) is 19.4 Å². The first-order valence-electron chi connectivity index (χ1n) is 11.7. The number of fused-ring (bicyclic) bond motifs is 1. The number of benzene rings is 2. The lowest BCUT2D eigenvalue weighted by atomic mass is 10.2. The number of amides is 3. The van der Waals surface area contributed by atoms with Crippen molar-refractivity contribution < 1.29 is 33.0 Å². The molecule has 2 aromatic carbocycles. The van der Waals surface area contributed by atoms with Crippen molar-refractivity contribution in [3.05, 3.63) is 70.9 Å². The minimum Gasteiger partial charge on any atom is -0.447 e. The molecule has 3 rings (SSSR count). The Kier molecular flexibility index (Phi) is 10.5. The molecule has 0 aliphatic heterocycles. The van der Waals surface area contributed by atoms with E-state index in [0.29, 0.717) is 16.3 Å². The maximum absolute atomic E-state index is 13.8. The Morgan fingerprint density at radius 3 is 2.67 bits per heavy atom. The summed E-state index contributed by atoms with van der Waals surface area (Å²) in [5.41, 5.74) is 8.69. The van der Waals surface area contributed by atoms with Gasteiger partial charge in [0, 0.05) is 31.6 Å². The zero-order valence-corrected chi connectivity index (χ0v) is 21.5. The number of nitrogens with one attached hydrogen (secondary N) is 3. The Morgan fingerprint density at radius 2 is 1.95 bits per heavy atom. The second kappa shape index (κ2) is 13.8. The number of nitrogens with zero attached hydrogens (tertiary/aromatic N) is 2. The van der Waals surface area contributed by atoms with E-state index in [0.717, 1.165) is 5.01 Å². The maximum atomic E-state index is 13.8. The molecule has 2 atom stereocenters. The summed E-state index contributed by atoms with van der Waals surface area (Å²) in [6.07, 6.45) is 0.518. The van der Waals surface area contributed by atoms with Crippen molar-refractivity contribution in [3.63, 3.8) is 0 Å². The summed E-state index contributed by atoms with van der Waals surface area (Å²) in [4.78, 5) is 41.2. The summed E-state index contributed by atoms with van der Waals surface area (Å²) >= 11 is 6.00. The molecule has 0 spiro atoms. The van der Waals surface area contributed by atoms with Gasteiger partial charge in [0.15, 0.2) is 0 Å². The SMILES string of the molecule is CC(=O)N(NCc1cccc(F)c1Cl)[C@@H](CNC(=O)[C@@H](N)CO)COC(=O)Nc1cc2cc(F)ccc2cn1. The first-order valence-corrected chi connectivity index (χ1v) is 12.1. The molecule has 11 nitrogen and oxygen atoms in total. The van der Waals surface area contributed by atoms with Gasteiger partial charge in [-0.05, 0) is 41.3 Å². The number of hydrogen-bond donors (Lipinski definition) is 5. The minimum atomic E-state index is -1.21. The number of hydrazine groups is 1. The lowest BCUT2D eigenvalue weighted by Crippen LogP contribution is -2.56. The predicted molar refractivity (Wildman–Crippen MR) is 139 cm³/mol. The van der Waals surface area contributed by atoms with Crippen molar-refractivity contribution in [2.24, 2.45) is 5.73 Å². The van der Waals surface area contributed by atoms with E-state index >= 15 is 0 Å². The molecule has 0 saturated carbocycles. The molecule has 14 heteroatoms. The van der Waals surface area contributed by atoms with Gasteiger partial charge in [0.2, 0.25) is 11.8 Å². The fraction of sp³-hybridized carbons (Fsp3) is 0.280. The molecule has 39 heavy (non-hydrogen) atoms. The normalized spacial score (nSPS) is 12.5. The standard InChI is InChI=1S/C25H27ClF2N6O5/c1-14(36)34(32-10-16-3-2-4-20(28)23(16)26)19(11-31-24(37)21(29)12-35)13-39-25(38)33-22-8-17-7-18(27)6-5-15(17)9-30-22/h2-9,19,21,32,35H,10-13,29H2,1H3,(H,31,37)(H,30,33,38)/t19-,21-/m0/s1. The van der Waals surface area contributed by atoms with Gasteiger partial charge in [-0.15, -0.1) is 0 Å². The van der Waals surface area contributed by atoms with Gasteiger partial charge in [0.25, 0.3) is 0 Å². The molecule has 3 amide bonds. The summed E-state index contributed by atoms with van der Waals surface area (Å²) in [7, 11) is 0. The van der Waals surface area contributed by atoms with E-state index in [1.165, 1.54) is 43.5 Å². The summed E-state index contributed by atoms with van der Waals surface area (Å²) in [6.45, 7) is -0.0824. The molecular formula is C25H27ClF2N6O5. The van der Waals surface area contributed by atoms with E-state index in [2.05, 4.69) is 21.0 Å². The maximum Gasteiger partial charge on any atom is 0.412 e. The number of carbonyl (C=O) groups excluding carboxylic acids is 3. The highest BCUT2D eigenvalue weighted by atomic mass is 35.5. The van der Waals surface area contributed by atoms with Crippen LogP contribution in [0.2, 0.25) is 5.02 Å². The van der Waals surface area contributed by atoms with Gasteiger partial charge < -0.3 is 20.9 Å². The van der Waals surface area contributed by atoms with Crippen LogP contribution < -0.4 is 21.8 Å². The quantitative estimate of drug-likeness (QED) is 0.221. The number of aliphatic hydroxyl groups is 1. The molecule has 0 aliphatic rings. The molecule has 6 N–H and O–H groups in total. The van der Waals surface area contributed by atoms with Gasteiger partial charge >= 0.3 is 6.09 Å². The molecule has 1 heterocycles. The number of carbonyl (C=O) groups is 3. The van der Waals surface area contributed by atoms with E-state index < -0.39 is 54.8 Å². The van der Waals surface area contributed by atoms with Crippen LogP contribution in [0.3, 0.4) is 0 Å². The number of pyridine rings is 1. The summed E-state index contributed by atoms with van der Waals surface area (Å²) in [5, 5.41) is 16.1. The fourth-order valence-corrected chi connectivity index (χ4v) is 3.70. The molecule has 0 unspecified atom stereocenters. The third kappa shape index (κ3) is 8.29. The second-order valence-electron chi connectivity index (χ2n) is 8.41. The topological polar surface area (TPSA) is 159 Å². The van der Waals surface area contributed by atoms with Crippen LogP contribution in [0.5, 0.6) is 0 Å². The number of aromatic nitrogens is 1. The van der Waals surface area contributed by atoms with Crippen molar-refractivity contribution in [1.29, 1.82) is 0 Å². The van der Waals surface area contributed by atoms with Crippen LogP contribution in [-0.4, -0.2) is 64.8 Å². The molecule has 3 aromatic rings. The summed E-state index contributed by atoms with van der Waals surface area (Å²) in [5.74, 6) is -2.22. The number of ether oxygens (including phenoxy) is 1. The highest BCUT2D eigenvalue weighted by molar-refractivity contribution is 6.31. The number of rotatable bonds is 11. The summed E-state index contributed by atoms with van der Waals surface area (Å²) < 4.78 is 32.6. The number of anilines is 1. The monoisotopic (exact) mass is 564 g/mol. The fourth-order valence-electron chi connectivity index (χ4n) is 3.50. The van der Waals surface area contributed by atoms with Crippen molar-refractivity contribution >= 4 is 46.1 Å². The van der Waals surface area contributed by atoms with Crippen molar-refractivity contribution in [2.45, 2.75) is 25.6 Å². The van der Waals surface area contributed by atoms with Gasteiger partial charge in [-0.1, -0.05) is 23.7 Å². The smallest absolute Gasteiger partial charge is 0.412 e. The van der Waals surface area contributed by atoms with E-state index in [4.69, 9.17) is 27.2 Å². The largest absolute Gasteiger partial charge is 0.447 e. The minimum absolute atomic E-state index is 0.0689. The van der Waals surface area contributed by atoms with Crippen LogP contribution in [0, 0.1) is 11.6 Å². The first kappa shape index (κ1) is 29.6. The number of halogens is 3. The highest BCUT2D eigenvalue weighted by Crippen LogP contribution is 2.20. The van der Waals surface area contributed by atoms with Crippen LogP contribution in [0.15, 0.2) is 48.7 Å². The Balaban J connectivity index is 1.71. The molecule has 0 saturated heterocycles. The van der Waals surface area contributed by atoms with Crippen LogP contribution in [0.25, 0.3) is 10.8 Å². The van der Waals surface area contributed by atoms with Gasteiger partial charge in [0.1, 0.15) is 30.1 Å². The molecule has 0 radical (unpaired) electrons. The highest BCUT2D eigenvalue weighted by Gasteiger charge is 2.25. The Hall–Kier alpha value is -3.91. The molecule has 1 aromatic heterocycles. The van der Waals surface area contributed by atoms with Gasteiger partial charge in [0.05, 0.1) is 17.7 Å². The van der Waals surface area contributed by atoms with Gasteiger partial charge in [-0.3, -0.25) is 19.9 Å². The lowest BCUT2D eigenvalue weighted by Gasteiger charge is -2.31. The van der Waals surface area contributed by atoms with Gasteiger partial charge in [-0.25, -0.2) is 24.0 Å². The Labute approximate surface area is 227 Å². The predicted octanol–water partition coefficient (Wildman–Crippen LogP) is 2.07. The zero-order chi connectivity index (χ0) is 28.5. The lowest BCUT2D eigenvalue weighted by molar-refractivity contribution is -0.137. The van der Waals surface area contributed by atoms with Crippen LogP contribution >= 0.6 is 11.6 Å². The molecule has 0 bridgehead atoms. The van der Waals surface area contributed by atoms with Gasteiger partial charge in [-0.2, -0.15) is 0 Å². The molecule has 208 valence electrons. The average Bonchev–Trinajstić information content (AvgIpc) is 2.90. The van der Waals surface area contributed by atoms with E-state index in [1.807, 2.05) is 0 Å². The second-order valence-corrected chi connectivity index (χ2v) is 8.79. The number of aliphatic hydroxyl groups excluding tert-OH is 1. The van der Waals surface area contributed by atoms with Crippen molar-refractivity contribution in [2.75, 3.05) is 25.1 Å². The molecule has 0 aliphatic carbocycles. The summed E-state index contributed by atoms with van der Waals surface area (Å²) in [6, 6.07) is 7.59. The zero-order valence-electron chi connectivity index (χ0n) is 20.8. The van der Waals surface area contributed by atoms with E-state index in [-0.39, 0.29) is 23.9 Å². The van der Waals surface area contributed by atoms with E-state index in [9.17, 15) is 23.2 Å². The number of nitrogens with two attached hydrogens (primary N) is 1. The van der Waals surface area contributed by atoms with E-state index in [1.54, 1.807) is 12.1 Å². The Bertz CT molecular complexity index is 1350. The number of hydrogen-bond acceptors (Lipinski definition) is 8. The Morgan fingerprint density at radius 1 is 1.18 bits per heavy atom. The average molecular weight is 565 g/mol.